The van der Waals surface area contributed by atoms with Gasteiger partial charge in [0.2, 0.25) is 0 Å². The van der Waals surface area contributed by atoms with Crippen LogP contribution in [-0.2, 0) is 5.41 Å². The van der Waals surface area contributed by atoms with E-state index in [0.717, 1.165) is 0 Å². The molecular formula is C40H34. The molecule has 6 aromatic carbocycles. The van der Waals surface area contributed by atoms with Crippen molar-refractivity contribution in [2.75, 3.05) is 0 Å². The van der Waals surface area contributed by atoms with Gasteiger partial charge in [0.1, 0.15) is 0 Å². The smallest absolute Gasteiger partial charge is 0.00143 e. The van der Waals surface area contributed by atoms with Gasteiger partial charge in [-0.1, -0.05) is 166 Å². The molecule has 0 aromatic heterocycles. The van der Waals surface area contributed by atoms with Crippen molar-refractivity contribution < 1.29 is 0 Å². The first-order valence-electron chi connectivity index (χ1n) is 14.0. The predicted octanol–water partition coefficient (Wildman–Crippen LogP) is 11.3. The van der Waals surface area contributed by atoms with Gasteiger partial charge in [0.15, 0.2) is 0 Å². The van der Waals surface area contributed by atoms with Crippen LogP contribution in [0.1, 0.15) is 26.3 Å². The van der Waals surface area contributed by atoms with E-state index in [-0.39, 0.29) is 5.41 Å². The Hall–Kier alpha value is -4.68. The molecule has 0 heteroatoms. The van der Waals surface area contributed by atoms with Crippen LogP contribution < -0.4 is 0 Å². The van der Waals surface area contributed by atoms with E-state index in [0.29, 0.717) is 0 Å². The van der Waals surface area contributed by atoms with E-state index >= 15 is 0 Å². The minimum absolute atomic E-state index is 0.0530. The molecule has 40 heavy (non-hydrogen) atoms. The van der Waals surface area contributed by atoms with Gasteiger partial charge in [-0.2, -0.15) is 0 Å². The molecule has 0 radical (unpaired) electrons. The Kier molecular flexibility index (Phi) is 6.93. The minimum Gasteiger partial charge on any atom is -0.0622 e. The lowest BCUT2D eigenvalue weighted by molar-refractivity contribution is 0.590. The average molecular weight is 515 g/mol. The normalized spacial score (nSPS) is 11.4. The van der Waals surface area contributed by atoms with E-state index in [9.17, 15) is 0 Å². The molecule has 0 fully saturated rings. The van der Waals surface area contributed by atoms with Gasteiger partial charge in [0.25, 0.3) is 0 Å². The summed E-state index contributed by atoms with van der Waals surface area (Å²) >= 11 is 0. The molecule has 0 unspecified atom stereocenters. The Bertz CT molecular complexity index is 1720. The average Bonchev–Trinajstić information content (AvgIpc) is 3.01. The molecule has 0 amide bonds. The maximum atomic E-state index is 2.42. The summed E-state index contributed by atoms with van der Waals surface area (Å²) in [6.07, 6.45) is 0. The quantitative estimate of drug-likeness (QED) is 0.215. The lowest BCUT2D eigenvalue weighted by Gasteiger charge is -2.25. The molecule has 0 heterocycles. The van der Waals surface area contributed by atoms with Crippen LogP contribution in [0.25, 0.3) is 55.6 Å². The minimum atomic E-state index is 0.0530. The molecule has 194 valence electrons. The van der Waals surface area contributed by atoms with Gasteiger partial charge in [-0.15, -0.1) is 0 Å². The lowest BCUT2D eigenvalue weighted by atomic mass is 9.78. The maximum absolute atomic E-state index is 2.42. The van der Waals surface area contributed by atoms with Crippen molar-refractivity contribution >= 4 is 0 Å². The fraction of sp³-hybridized carbons (Fsp3) is 0.100. The summed E-state index contributed by atoms with van der Waals surface area (Å²) in [5, 5.41) is 0. The standard InChI is InChI=1S/C40H34/c1-40(2,3)34-26-16-25-33(27-34)36-28-35(29-17-8-4-9-18-29)37(30-19-10-5-11-20-30)39(32-23-14-7-15-24-32)38(36)31-21-12-6-13-22-31/h4-28H,1-3H3. The zero-order valence-corrected chi connectivity index (χ0v) is 23.4. The number of hydrogen-bond acceptors (Lipinski definition) is 0. The van der Waals surface area contributed by atoms with Crippen LogP contribution >= 0.6 is 0 Å². The number of benzene rings is 6. The third kappa shape index (κ3) is 5.01. The Morgan fingerprint density at radius 1 is 0.325 bits per heavy atom. The molecule has 0 nitrogen and oxygen atoms in total. The second kappa shape index (κ2) is 10.8. The molecule has 0 bridgehead atoms. The molecule has 6 rings (SSSR count). The van der Waals surface area contributed by atoms with Crippen LogP contribution in [0.5, 0.6) is 0 Å². The summed E-state index contributed by atoms with van der Waals surface area (Å²) in [7, 11) is 0. The van der Waals surface area contributed by atoms with Crippen molar-refractivity contribution in [3.8, 4) is 55.6 Å². The summed E-state index contributed by atoms with van der Waals surface area (Å²) < 4.78 is 0. The van der Waals surface area contributed by atoms with Gasteiger partial charge in [-0.25, -0.2) is 0 Å². The fourth-order valence-corrected chi connectivity index (χ4v) is 5.61. The van der Waals surface area contributed by atoms with Gasteiger partial charge >= 0.3 is 0 Å². The second-order valence-electron chi connectivity index (χ2n) is 11.4. The van der Waals surface area contributed by atoms with E-state index in [1.165, 1.54) is 61.2 Å². The molecule has 0 N–H and O–H groups in total. The molecule has 0 spiro atoms. The Morgan fingerprint density at radius 2 is 0.700 bits per heavy atom. The molecular weight excluding hydrogens is 480 g/mol. The zero-order chi connectivity index (χ0) is 27.5. The van der Waals surface area contributed by atoms with E-state index in [4.69, 9.17) is 0 Å². The van der Waals surface area contributed by atoms with E-state index in [2.05, 4.69) is 172 Å². The summed E-state index contributed by atoms with van der Waals surface area (Å²) in [5.74, 6) is 0. The van der Waals surface area contributed by atoms with Crippen molar-refractivity contribution in [2.24, 2.45) is 0 Å². The topological polar surface area (TPSA) is 0 Å². The van der Waals surface area contributed by atoms with Crippen LogP contribution in [-0.4, -0.2) is 0 Å². The summed E-state index contributed by atoms with van der Waals surface area (Å²) in [5.41, 5.74) is 13.7. The lowest BCUT2D eigenvalue weighted by Crippen LogP contribution is -2.10. The van der Waals surface area contributed by atoms with Crippen molar-refractivity contribution in [1.29, 1.82) is 0 Å². The summed E-state index contributed by atoms with van der Waals surface area (Å²) in [6.45, 7) is 6.86. The first kappa shape index (κ1) is 25.6. The van der Waals surface area contributed by atoms with Crippen molar-refractivity contribution in [2.45, 2.75) is 26.2 Å². The summed E-state index contributed by atoms with van der Waals surface area (Å²) in [6, 6.07) is 55.0. The van der Waals surface area contributed by atoms with Gasteiger partial charge in [0, 0.05) is 0 Å². The number of hydrogen-bond donors (Lipinski definition) is 0. The van der Waals surface area contributed by atoms with Gasteiger partial charge in [0.05, 0.1) is 0 Å². The van der Waals surface area contributed by atoms with Gasteiger partial charge in [-0.3, -0.25) is 0 Å². The van der Waals surface area contributed by atoms with E-state index < -0.39 is 0 Å². The van der Waals surface area contributed by atoms with Crippen LogP contribution in [0.4, 0.5) is 0 Å². The fourth-order valence-electron chi connectivity index (χ4n) is 5.61. The SMILES string of the molecule is CC(C)(C)c1cccc(-c2cc(-c3ccccc3)c(-c3ccccc3)c(-c3ccccc3)c2-c2ccccc2)c1. The van der Waals surface area contributed by atoms with Crippen LogP contribution in [0.2, 0.25) is 0 Å². The highest BCUT2D eigenvalue weighted by molar-refractivity contribution is 6.07. The Morgan fingerprint density at radius 3 is 1.15 bits per heavy atom. The largest absolute Gasteiger partial charge is 0.0622 e. The first-order valence-corrected chi connectivity index (χ1v) is 14.0. The second-order valence-corrected chi connectivity index (χ2v) is 11.4. The van der Waals surface area contributed by atoms with Crippen LogP contribution in [0, 0.1) is 0 Å². The molecule has 0 saturated carbocycles. The van der Waals surface area contributed by atoms with Crippen LogP contribution in [0.3, 0.4) is 0 Å². The molecule has 0 saturated heterocycles. The number of rotatable bonds is 5. The van der Waals surface area contributed by atoms with Crippen LogP contribution in [0.15, 0.2) is 152 Å². The van der Waals surface area contributed by atoms with Crippen molar-refractivity contribution in [3.05, 3.63) is 157 Å². The first-order chi connectivity index (χ1) is 19.5. The molecule has 6 aromatic rings. The monoisotopic (exact) mass is 514 g/mol. The Balaban J connectivity index is 1.83. The van der Waals surface area contributed by atoms with Crippen molar-refractivity contribution in [1.82, 2.24) is 0 Å². The third-order valence-electron chi connectivity index (χ3n) is 7.64. The van der Waals surface area contributed by atoms with Gasteiger partial charge < -0.3 is 0 Å². The molecule has 0 aliphatic carbocycles. The maximum Gasteiger partial charge on any atom is -0.00143 e. The summed E-state index contributed by atoms with van der Waals surface area (Å²) in [4.78, 5) is 0. The highest BCUT2D eigenvalue weighted by atomic mass is 14.3. The predicted molar refractivity (Wildman–Crippen MR) is 172 cm³/mol. The highest BCUT2D eigenvalue weighted by Gasteiger charge is 2.24. The molecule has 0 aliphatic rings. The zero-order valence-electron chi connectivity index (χ0n) is 23.4. The molecule has 0 aliphatic heterocycles. The van der Waals surface area contributed by atoms with Crippen molar-refractivity contribution in [3.63, 3.8) is 0 Å². The van der Waals surface area contributed by atoms with Gasteiger partial charge in [-0.05, 0) is 72.7 Å². The Labute approximate surface area is 238 Å². The van der Waals surface area contributed by atoms with E-state index in [1.807, 2.05) is 0 Å². The molecule has 0 atom stereocenters. The highest BCUT2D eigenvalue weighted by Crippen LogP contribution is 2.50. The van der Waals surface area contributed by atoms with E-state index in [1.54, 1.807) is 0 Å². The third-order valence-corrected chi connectivity index (χ3v) is 7.64.